The van der Waals surface area contributed by atoms with Crippen molar-refractivity contribution in [2.24, 2.45) is 0 Å². The Balaban J connectivity index is 1.25. The standard InChI is InChI=1S/C27H25F2N3O3/c28-22-4-1-5-23(29)21(22)17-32-11-8-27(34,9-12-32)20-6-7-24-19(13-20)14-25(35-24)26(33)31-16-18-3-2-10-30-15-18/h1-7,10,13-15,34H,8-9,11-12,16-17H2,(H,31,33). The molecule has 1 saturated heterocycles. The Labute approximate surface area is 201 Å². The summed E-state index contributed by atoms with van der Waals surface area (Å²) in [6, 6.07) is 14.6. The lowest BCUT2D eigenvalue weighted by atomic mass is 9.84. The molecule has 0 radical (unpaired) electrons. The molecule has 0 saturated carbocycles. The minimum atomic E-state index is -1.07. The summed E-state index contributed by atoms with van der Waals surface area (Å²) in [5, 5.41) is 14.9. The molecule has 0 unspecified atom stereocenters. The van der Waals surface area contributed by atoms with Crippen molar-refractivity contribution < 1.29 is 23.1 Å². The fourth-order valence-corrected chi connectivity index (χ4v) is 4.49. The first kappa shape index (κ1) is 23.1. The summed E-state index contributed by atoms with van der Waals surface area (Å²) in [5.41, 5.74) is 1.14. The average molecular weight is 478 g/mol. The van der Waals surface area contributed by atoms with Crippen LogP contribution >= 0.6 is 0 Å². The number of aliphatic hydroxyl groups is 1. The number of pyridine rings is 1. The smallest absolute Gasteiger partial charge is 0.287 e. The highest BCUT2D eigenvalue weighted by Crippen LogP contribution is 2.35. The van der Waals surface area contributed by atoms with Gasteiger partial charge in [-0.1, -0.05) is 18.2 Å². The quantitative estimate of drug-likeness (QED) is 0.427. The average Bonchev–Trinajstić information content (AvgIpc) is 3.30. The number of nitrogens with zero attached hydrogens (tertiary/aromatic N) is 2. The van der Waals surface area contributed by atoms with E-state index >= 15 is 0 Å². The Bertz CT molecular complexity index is 1330. The highest BCUT2D eigenvalue weighted by molar-refractivity contribution is 5.96. The first-order chi connectivity index (χ1) is 16.9. The molecule has 0 aliphatic carbocycles. The van der Waals surface area contributed by atoms with Gasteiger partial charge in [-0.25, -0.2) is 8.78 Å². The summed E-state index contributed by atoms with van der Waals surface area (Å²) in [7, 11) is 0. The molecule has 6 nitrogen and oxygen atoms in total. The summed E-state index contributed by atoms with van der Waals surface area (Å²) in [6.45, 7) is 1.49. The fraction of sp³-hybridized carbons (Fsp3) is 0.259. The number of benzene rings is 2. The van der Waals surface area contributed by atoms with E-state index in [0.29, 0.717) is 38.1 Å². The first-order valence-corrected chi connectivity index (χ1v) is 11.5. The summed E-state index contributed by atoms with van der Waals surface area (Å²) < 4.78 is 33.7. The number of amides is 1. The number of piperidine rings is 1. The van der Waals surface area contributed by atoms with Crippen molar-refractivity contribution in [3.05, 3.63) is 101 Å². The summed E-state index contributed by atoms with van der Waals surface area (Å²) in [6.07, 6.45) is 4.20. The van der Waals surface area contributed by atoms with Crippen molar-refractivity contribution in [1.82, 2.24) is 15.2 Å². The molecule has 1 aliphatic rings. The Hall–Kier alpha value is -3.62. The number of rotatable bonds is 6. The van der Waals surface area contributed by atoms with E-state index in [2.05, 4.69) is 10.3 Å². The van der Waals surface area contributed by atoms with Crippen LogP contribution in [0, 0.1) is 11.6 Å². The van der Waals surface area contributed by atoms with Crippen molar-refractivity contribution in [2.45, 2.75) is 31.5 Å². The van der Waals surface area contributed by atoms with Gasteiger partial charge in [0.2, 0.25) is 0 Å². The lowest BCUT2D eigenvalue weighted by Gasteiger charge is -2.38. The number of carbonyl (C=O) groups is 1. The SMILES string of the molecule is O=C(NCc1cccnc1)c1cc2cc(C3(O)CCN(Cc4c(F)cccc4F)CC3)ccc2o1. The topological polar surface area (TPSA) is 78.6 Å². The zero-order chi connectivity index (χ0) is 24.4. The molecule has 0 atom stereocenters. The highest BCUT2D eigenvalue weighted by Gasteiger charge is 2.34. The normalized spacial score (nSPS) is 15.9. The Kier molecular flexibility index (Phi) is 6.32. The molecular formula is C27H25F2N3O3. The van der Waals surface area contributed by atoms with Crippen molar-refractivity contribution in [3.63, 3.8) is 0 Å². The van der Waals surface area contributed by atoms with E-state index in [9.17, 15) is 18.7 Å². The molecule has 35 heavy (non-hydrogen) atoms. The molecule has 2 N–H and O–H groups in total. The van der Waals surface area contributed by atoms with Crippen molar-refractivity contribution >= 4 is 16.9 Å². The van der Waals surface area contributed by atoms with Gasteiger partial charge in [0.05, 0.1) is 5.60 Å². The monoisotopic (exact) mass is 477 g/mol. The number of hydrogen-bond donors (Lipinski definition) is 2. The zero-order valence-corrected chi connectivity index (χ0v) is 19.0. The number of hydrogen-bond acceptors (Lipinski definition) is 5. The minimum absolute atomic E-state index is 0.0482. The molecule has 5 rings (SSSR count). The molecule has 1 aliphatic heterocycles. The molecule has 1 amide bonds. The van der Waals surface area contributed by atoms with Gasteiger partial charge in [-0.15, -0.1) is 0 Å². The van der Waals surface area contributed by atoms with Crippen LogP contribution in [0.1, 0.15) is 40.1 Å². The van der Waals surface area contributed by atoms with E-state index in [-0.39, 0.29) is 23.8 Å². The molecule has 1 fully saturated rings. The van der Waals surface area contributed by atoms with E-state index in [1.165, 1.54) is 18.2 Å². The van der Waals surface area contributed by atoms with Crippen molar-refractivity contribution in [3.8, 4) is 0 Å². The molecular weight excluding hydrogens is 452 g/mol. The predicted octanol–water partition coefficient (Wildman–Crippen LogP) is 4.52. The maximum atomic E-state index is 14.0. The minimum Gasteiger partial charge on any atom is -0.451 e. The van der Waals surface area contributed by atoms with Crippen LogP contribution in [-0.2, 0) is 18.7 Å². The van der Waals surface area contributed by atoms with E-state index in [1.807, 2.05) is 17.0 Å². The van der Waals surface area contributed by atoms with Gasteiger partial charge in [0, 0.05) is 49.5 Å². The second-order valence-corrected chi connectivity index (χ2v) is 8.92. The maximum absolute atomic E-state index is 14.0. The first-order valence-electron chi connectivity index (χ1n) is 11.5. The second-order valence-electron chi connectivity index (χ2n) is 8.92. The van der Waals surface area contributed by atoms with Crippen LogP contribution < -0.4 is 5.32 Å². The number of nitrogens with one attached hydrogen (secondary N) is 1. The third-order valence-electron chi connectivity index (χ3n) is 6.58. The van der Waals surface area contributed by atoms with Gasteiger partial charge in [0.15, 0.2) is 5.76 Å². The number of fused-ring (bicyclic) bond motifs is 1. The van der Waals surface area contributed by atoms with E-state index in [1.54, 1.807) is 36.7 Å². The molecule has 0 spiro atoms. The molecule has 0 bridgehead atoms. The summed E-state index contributed by atoms with van der Waals surface area (Å²) in [4.78, 5) is 18.5. The summed E-state index contributed by atoms with van der Waals surface area (Å²) in [5.74, 6) is -1.26. The van der Waals surface area contributed by atoms with Gasteiger partial charge in [-0.3, -0.25) is 14.7 Å². The van der Waals surface area contributed by atoms with Crippen LogP contribution in [-0.4, -0.2) is 34.0 Å². The number of halogens is 2. The number of aromatic nitrogens is 1. The van der Waals surface area contributed by atoms with Gasteiger partial charge >= 0.3 is 0 Å². The van der Waals surface area contributed by atoms with Gasteiger partial charge in [-0.2, -0.15) is 0 Å². The number of carbonyl (C=O) groups excluding carboxylic acids is 1. The largest absolute Gasteiger partial charge is 0.451 e. The van der Waals surface area contributed by atoms with Gasteiger partial charge in [0.1, 0.15) is 17.2 Å². The lowest BCUT2D eigenvalue weighted by molar-refractivity contribution is -0.0280. The van der Waals surface area contributed by atoms with Crippen molar-refractivity contribution in [2.75, 3.05) is 13.1 Å². The third kappa shape index (κ3) is 4.94. The Morgan fingerprint density at radius 1 is 1.09 bits per heavy atom. The third-order valence-corrected chi connectivity index (χ3v) is 6.58. The number of furan rings is 1. The van der Waals surface area contributed by atoms with E-state index < -0.39 is 17.2 Å². The van der Waals surface area contributed by atoms with Crippen LogP contribution in [0.25, 0.3) is 11.0 Å². The Morgan fingerprint density at radius 2 is 1.86 bits per heavy atom. The van der Waals surface area contributed by atoms with Crippen LogP contribution in [0.5, 0.6) is 0 Å². The maximum Gasteiger partial charge on any atom is 0.287 e. The second kappa shape index (κ2) is 9.56. The highest BCUT2D eigenvalue weighted by atomic mass is 19.1. The molecule has 8 heteroatoms. The predicted molar refractivity (Wildman–Crippen MR) is 126 cm³/mol. The lowest BCUT2D eigenvalue weighted by Crippen LogP contribution is -2.42. The van der Waals surface area contributed by atoms with Crippen LogP contribution in [0.4, 0.5) is 8.78 Å². The molecule has 2 aromatic carbocycles. The van der Waals surface area contributed by atoms with E-state index in [4.69, 9.17) is 4.42 Å². The van der Waals surface area contributed by atoms with Gasteiger partial charge < -0.3 is 14.8 Å². The number of likely N-dealkylation sites (tertiary alicyclic amines) is 1. The van der Waals surface area contributed by atoms with E-state index in [0.717, 1.165) is 16.5 Å². The Morgan fingerprint density at radius 3 is 2.57 bits per heavy atom. The van der Waals surface area contributed by atoms with Crippen molar-refractivity contribution in [1.29, 1.82) is 0 Å². The van der Waals surface area contributed by atoms with Gasteiger partial charge in [-0.05, 0) is 60.4 Å². The summed E-state index contributed by atoms with van der Waals surface area (Å²) >= 11 is 0. The molecule has 180 valence electrons. The zero-order valence-electron chi connectivity index (χ0n) is 19.0. The molecule has 4 aromatic rings. The molecule has 3 heterocycles. The van der Waals surface area contributed by atoms with Crippen LogP contribution in [0.15, 0.2) is 71.4 Å². The fourth-order valence-electron chi connectivity index (χ4n) is 4.49. The van der Waals surface area contributed by atoms with Gasteiger partial charge in [0.25, 0.3) is 5.91 Å². The van der Waals surface area contributed by atoms with Crippen LogP contribution in [0.3, 0.4) is 0 Å². The van der Waals surface area contributed by atoms with Crippen LogP contribution in [0.2, 0.25) is 0 Å². The molecule has 2 aromatic heterocycles.